The summed E-state index contributed by atoms with van der Waals surface area (Å²) in [6.07, 6.45) is 4.39. The highest BCUT2D eigenvalue weighted by Crippen LogP contribution is 2.30. The number of carbonyl (C=O) groups is 1. The summed E-state index contributed by atoms with van der Waals surface area (Å²) in [5.74, 6) is 0.614. The average Bonchev–Trinajstić information content (AvgIpc) is 2.45. The monoisotopic (exact) mass is 273 g/mol. The van der Waals surface area contributed by atoms with Gasteiger partial charge >= 0.3 is 6.03 Å². The minimum atomic E-state index is 0.169. The van der Waals surface area contributed by atoms with Gasteiger partial charge in [-0.3, -0.25) is 4.90 Å². The van der Waals surface area contributed by atoms with Crippen LogP contribution in [0.3, 0.4) is 0 Å². The van der Waals surface area contributed by atoms with Crippen LogP contribution in [0, 0.1) is 5.92 Å². The van der Waals surface area contributed by atoms with Gasteiger partial charge in [0.1, 0.15) is 0 Å². The molecular weight excluding hydrogens is 250 g/mol. The lowest BCUT2D eigenvalue weighted by molar-refractivity contribution is 0.175. The third kappa shape index (κ3) is 2.47. The Morgan fingerprint density at radius 1 is 1.30 bits per heavy atom. The number of fused-ring (bicyclic) bond motifs is 1. The molecule has 0 aromatic heterocycles. The predicted octanol–water partition coefficient (Wildman–Crippen LogP) is 2.87. The second kappa shape index (κ2) is 5.35. The molecule has 1 aromatic rings. The van der Waals surface area contributed by atoms with Crippen molar-refractivity contribution in [3.05, 3.63) is 23.8 Å². The van der Waals surface area contributed by atoms with Gasteiger partial charge in [0.15, 0.2) is 0 Å². The Morgan fingerprint density at radius 2 is 2.15 bits per heavy atom. The summed E-state index contributed by atoms with van der Waals surface area (Å²) in [6, 6.07) is 6.06. The number of anilines is 2. The number of likely N-dealkylation sites (tertiary alicyclic amines) is 1. The van der Waals surface area contributed by atoms with Crippen molar-refractivity contribution in [2.24, 2.45) is 5.92 Å². The van der Waals surface area contributed by atoms with Gasteiger partial charge in [0, 0.05) is 31.0 Å². The molecule has 0 spiro atoms. The molecule has 1 aromatic carbocycles. The van der Waals surface area contributed by atoms with E-state index in [2.05, 4.69) is 6.92 Å². The fraction of sp³-hybridized carbons (Fsp3) is 0.562. The lowest BCUT2D eigenvalue weighted by Gasteiger charge is -2.37. The van der Waals surface area contributed by atoms with Crippen molar-refractivity contribution >= 4 is 17.4 Å². The van der Waals surface area contributed by atoms with Gasteiger partial charge in [0.2, 0.25) is 0 Å². The highest BCUT2D eigenvalue weighted by atomic mass is 16.2. The molecule has 2 amide bonds. The van der Waals surface area contributed by atoms with Gasteiger partial charge in [0.05, 0.1) is 0 Å². The zero-order chi connectivity index (χ0) is 14.1. The molecule has 2 N–H and O–H groups in total. The summed E-state index contributed by atoms with van der Waals surface area (Å²) < 4.78 is 0. The van der Waals surface area contributed by atoms with E-state index in [0.29, 0.717) is 5.92 Å². The van der Waals surface area contributed by atoms with Crippen LogP contribution in [-0.2, 0) is 6.42 Å². The van der Waals surface area contributed by atoms with E-state index in [0.717, 1.165) is 50.3 Å². The van der Waals surface area contributed by atoms with Gasteiger partial charge in [0.25, 0.3) is 0 Å². The molecule has 0 radical (unpaired) electrons. The number of hydrogen-bond acceptors (Lipinski definition) is 2. The lowest BCUT2D eigenvalue weighted by atomic mass is 9.99. The molecule has 2 aliphatic rings. The van der Waals surface area contributed by atoms with Gasteiger partial charge in [-0.05, 0) is 55.4 Å². The summed E-state index contributed by atoms with van der Waals surface area (Å²) in [5.41, 5.74) is 8.89. The van der Waals surface area contributed by atoms with E-state index in [9.17, 15) is 4.79 Å². The number of aryl methyl sites for hydroxylation is 1. The molecule has 2 heterocycles. The Morgan fingerprint density at radius 3 is 2.95 bits per heavy atom. The first-order valence-corrected chi connectivity index (χ1v) is 7.60. The summed E-state index contributed by atoms with van der Waals surface area (Å²) in [6.45, 7) is 4.83. The van der Waals surface area contributed by atoms with Crippen molar-refractivity contribution in [3.8, 4) is 0 Å². The Hall–Kier alpha value is -1.71. The van der Waals surface area contributed by atoms with Crippen LogP contribution in [0.5, 0.6) is 0 Å². The molecule has 0 saturated carbocycles. The summed E-state index contributed by atoms with van der Waals surface area (Å²) in [5, 5.41) is 0. The van der Waals surface area contributed by atoms with Crippen molar-refractivity contribution < 1.29 is 4.79 Å². The first-order valence-electron chi connectivity index (χ1n) is 7.60. The minimum Gasteiger partial charge on any atom is -0.399 e. The standard InChI is InChI=1S/C16H23N3O/c1-12-4-2-8-18(11-12)16(20)19-9-3-5-13-10-14(17)6-7-15(13)19/h6-7,10,12H,2-5,8-9,11,17H2,1H3. The normalized spacial score (nSPS) is 22.6. The molecule has 2 aliphatic heterocycles. The molecule has 20 heavy (non-hydrogen) atoms. The molecular formula is C16H23N3O. The molecule has 4 heteroatoms. The fourth-order valence-corrected chi connectivity index (χ4v) is 3.35. The molecule has 0 bridgehead atoms. The summed E-state index contributed by atoms with van der Waals surface area (Å²) >= 11 is 0. The zero-order valence-electron chi connectivity index (χ0n) is 12.1. The molecule has 0 aliphatic carbocycles. The van der Waals surface area contributed by atoms with Crippen LogP contribution in [0.15, 0.2) is 18.2 Å². The van der Waals surface area contributed by atoms with E-state index in [4.69, 9.17) is 5.73 Å². The van der Waals surface area contributed by atoms with Crippen LogP contribution in [-0.4, -0.2) is 30.6 Å². The van der Waals surface area contributed by atoms with Crippen LogP contribution in [0.2, 0.25) is 0 Å². The zero-order valence-corrected chi connectivity index (χ0v) is 12.1. The van der Waals surface area contributed by atoms with Gasteiger partial charge in [-0.1, -0.05) is 6.92 Å². The van der Waals surface area contributed by atoms with E-state index < -0.39 is 0 Å². The number of rotatable bonds is 0. The third-order valence-corrected chi connectivity index (χ3v) is 4.38. The molecule has 1 atom stereocenters. The average molecular weight is 273 g/mol. The summed E-state index contributed by atoms with van der Waals surface area (Å²) in [4.78, 5) is 16.7. The van der Waals surface area contributed by atoms with E-state index in [-0.39, 0.29) is 6.03 Å². The number of piperidine rings is 1. The Kier molecular flexibility index (Phi) is 3.55. The molecule has 3 rings (SSSR count). The maximum atomic E-state index is 12.8. The van der Waals surface area contributed by atoms with Gasteiger partial charge < -0.3 is 10.6 Å². The van der Waals surface area contributed by atoms with E-state index in [1.54, 1.807) is 0 Å². The third-order valence-electron chi connectivity index (χ3n) is 4.38. The first-order chi connectivity index (χ1) is 9.65. The Bertz CT molecular complexity index is 514. The lowest BCUT2D eigenvalue weighted by Crippen LogP contribution is -2.48. The number of hydrogen-bond donors (Lipinski definition) is 1. The van der Waals surface area contributed by atoms with Crippen LogP contribution >= 0.6 is 0 Å². The van der Waals surface area contributed by atoms with Crippen molar-refractivity contribution in [2.75, 3.05) is 30.3 Å². The van der Waals surface area contributed by atoms with Crippen LogP contribution in [0.25, 0.3) is 0 Å². The first kappa shape index (κ1) is 13.3. The van der Waals surface area contributed by atoms with Crippen molar-refractivity contribution in [2.45, 2.75) is 32.6 Å². The number of nitrogen functional groups attached to an aromatic ring is 1. The summed E-state index contributed by atoms with van der Waals surface area (Å²) in [7, 11) is 0. The smallest absolute Gasteiger partial charge is 0.324 e. The highest BCUT2D eigenvalue weighted by molar-refractivity contribution is 5.93. The molecule has 4 nitrogen and oxygen atoms in total. The topological polar surface area (TPSA) is 49.6 Å². The highest BCUT2D eigenvalue weighted by Gasteiger charge is 2.29. The largest absolute Gasteiger partial charge is 0.399 e. The van der Waals surface area contributed by atoms with Crippen LogP contribution < -0.4 is 10.6 Å². The van der Waals surface area contributed by atoms with E-state index in [1.165, 1.54) is 12.0 Å². The second-order valence-corrected chi connectivity index (χ2v) is 6.12. The number of benzene rings is 1. The second-order valence-electron chi connectivity index (χ2n) is 6.12. The fourth-order valence-electron chi connectivity index (χ4n) is 3.35. The maximum Gasteiger partial charge on any atom is 0.324 e. The molecule has 108 valence electrons. The Balaban J connectivity index is 1.83. The maximum absolute atomic E-state index is 12.8. The van der Waals surface area contributed by atoms with E-state index in [1.807, 2.05) is 28.0 Å². The number of amides is 2. The number of carbonyl (C=O) groups excluding carboxylic acids is 1. The van der Waals surface area contributed by atoms with E-state index >= 15 is 0 Å². The van der Waals surface area contributed by atoms with Crippen molar-refractivity contribution in [1.82, 2.24) is 4.90 Å². The SMILES string of the molecule is CC1CCCN(C(=O)N2CCCc3cc(N)ccc32)C1. The quantitative estimate of drug-likeness (QED) is 0.739. The van der Waals surface area contributed by atoms with Crippen LogP contribution in [0.1, 0.15) is 31.7 Å². The predicted molar refractivity (Wildman–Crippen MR) is 81.9 cm³/mol. The van der Waals surface area contributed by atoms with Crippen molar-refractivity contribution in [1.29, 1.82) is 0 Å². The number of urea groups is 1. The number of nitrogens with two attached hydrogens (primary N) is 1. The molecule has 1 unspecified atom stereocenters. The Labute approximate surface area is 120 Å². The van der Waals surface area contributed by atoms with Crippen molar-refractivity contribution in [3.63, 3.8) is 0 Å². The van der Waals surface area contributed by atoms with Gasteiger partial charge in [-0.2, -0.15) is 0 Å². The van der Waals surface area contributed by atoms with Gasteiger partial charge in [-0.15, -0.1) is 0 Å². The van der Waals surface area contributed by atoms with Gasteiger partial charge in [-0.25, -0.2) is 4.79 Å². The number of nitrogens with zero attached hydrogens (tertiary/aromatic N) is 2. The molecule has 1 fully saturated rings. The minimum absolute atomic E-state index is 0.169. The molecule has 1 saturated heterocycles. The van der Waals surface area contributed by atoms with Crippen LogP contribution in [0.4, 0.5) is 16.2 Å².